The van der Waals surface area contributed by atoms with E-state index in [1.54, 1.807) is 32.0 Å². The summed E-state index contributed by atoms with van der Waals surface area (Å²) < 4.78 is 10.5. The molecule has 4 heteroatoms. The first kappa shape index (κ1) is 13.6. The maximum atomic E-state index is 6.04. The molecule has 0 bridgehead atoms. The Hall–Kier alpha value is -1.81. The molecule has 0 aliphatic rings. The first-order valence-corrected chi connectivity index (χ1v) is 6.71. The highest BCUT2D eigenvalue weighted by atomic mass is 32.2. The molecule has 0 atom stereocenters. The molecule has 0 radical (unpaired) electrons. The van der Waals surface area contributed by atoms with Gasteiger partial charge in [0.15, 0.2) is 11.5 Å². The van der Waals surface area contributed by atoms with Gasteiger partial charge in [-0.1, -0.05) is 29.5 Å². The van der Waals surface area contributed by atoms with Crippen LogP contribution < -0.4 is 15.2 Å². The van der Waals surface area contributed by atoms with E-state index in [4.69, 9.17) is 15.2 Å². The summed E-state index contributed by atoms with van der Waals surface area (Å²) in [5.74, 6) is 1.33. The van der Waals surface area contributed by atoms with Gasteiger partial charge in [0.2, 0.25) is 0 Å². The molecule has 2 N–H and O–H groups in total. The first-order chi connectivity index (χ1) is 9.13. The van der Waals surface area contributed by atoms with Crippen molar-refractivity contribution in [2.45, 2.75) is 16.7 Å². The standard InChI is InChI=1S/C15H17NO2S/c1-10-4-6-11(7-5-10)19-15-9-14(18-3)13(17-2)8-12(15)16/h4-9H,16H2,1-3H3. The molecule has 0 aliphatic carbocycles. The minimum absolute atomic E-state index is 0.647. The first-order valence-electron chi connectivity index (χ1n) is 5.90. The van der Waals surface area contributed by atoms with Crippen molar-refractivity contribution in [2.24, 2.45) is 0 Å². The monoisotopic (exact) mass is 275 g/mol. The average molecular weight is 275 g/mol. The zero-order chi connectivity index (χ0) is 13.8. The SMILES string of the molecule is COc1cc(N)c(Sc2ccc(C)cc2)cc1OC. The molecule has 0 aliphatic heterocycles. The lowest BCUT2D eigenvalue weighted by molar-refractivity contribution is 0.354. The van der Waals surface area contributed by atoms with Gasteiger partial charge in [0.05, 0.1) is 14.2 Å². The Morgan fingerprint density at radius 1 is 0.947 bits per heavy atom. The fourth-order valence-corrected chi connectivity index (χ4v) is 2.57. The Labute approximate surface area is 117 Å². The Kier molecular flexibility index (Phi) is 4.22. The molecular weight excluding hydrogens is 258 g/mol. The lowest BCUT2D eigenvalue weighted by Crippen LogP contribution is -1.95. The largest absolute Gasteiger partial charge is 0.493 e. The lowest BCUT2D eigenvalue weighted by Gasteiger charge is -2.12. The number of anilines is 1. The molecule has 0 aromatic heterocycles. The molecule has 100 valence electrons. The number of methoxy groups -OCH3 is 2. The van der Waals surface area contributed by atoms with Crippen molar-refractivity contribution < 1.29 is 9.47 Å². The third kappa shape index (κ3) is 3.15. The number of nitrogen functional groups attached to an aromatic ring is 1. The van der Waals surface area contributed by atoms with Crippen molar-refractivity contribution in [3.8, 4) is 11.5 Å². The molecule has 0 saturated carbocycles. The summed E-state index contributed by atoms with van der Waals surface area (Å²) in [7, 11) is 3.22. The number of nitrogens with two attached hydrogens (primary N) is 1. The van der Waals surface area contributed by atoms with Crippen molar-refractivity contribution in [1.29, 1.82) is 0 Å². The molecule has 2 aromatic rings. The van der Waals surface area contributed by atoms with Crippen molar-refractivity contribution >= 4 is 17.4 Å². The van der Waals surface area contributed by atoms with E-state index in [1.165, 1.54) is 5.56 Å². The van der Waals surface area contributed by atoms with Crippen LogP contribution in [0.1, 0.15) is 5.56 Å². The van der Waals surface area contributed by atoms with Crippen molar-refractivity contribution in [3.05, 3.63) is 42.0 Å². The minimum atomic E-state index is 0.647. The van der Waals surface area contributed by atoms with E-state index in [-0.39, 0.29) is 0 Å². The second kappa shape index (κ2) is 5.89. The topological polar surface area (TPSA) is 44.5 Å². The molecule has 2 rings (SSSR count). The van der Waals surface area contributed by atoms with E-state index < -0.39 is 0 Å². The van der Waals surface area contributed by atoms with Gasteiger partial charge < -0.3 is 15.2 Å². The zero-order valence-electron chi connectivity index (χ0n) is 11.3. The third-order valence-electron chi connectivity index (χ3n) is 2.76. The molecule has 0 unspecified atom stereocenters. The molecule has 0 amide bonds. The van der Waals surface area contributed by atoms with Gasteiger partial charge in [0.25, 0.3) is 0 Å². The molecule has 0 saturated heterocycles. The third-order valence-corrected chi connectivity index (χ3v) is 3.85. The number of ether oxygens (including phenoxy) is 2. The fraction of sp³-hybridized carbons (Fsp3) is 0.200. The summed E-state index contributed by atoms with van der Waals surface area (Å²) in [5.41, 5.74) is 7.97. The number of benzene rings is 2. The van der Waals surface area contributed by atoms with E-state index in [1.807, 2.05) is 6.07 Å². The number of aryl methyl sites for hydroxylation is 1. The van der Waals surface area contributed by atoms with Crippen molar-refractivity contribution in [2.75, 3.05) is 20.0 Å². The fourth-order valence-electron chi connectivity index (χ4n) is 1.70. The van der Waals surface area contributed by atoms with E-state index in [0.717, 1.165) is 9.79 Å². The van der Waals surface area contributed by atoms with Crippen LogP contribution in [0.4, 0.5) is 5.69 Å². The quantitative estimate of drug-likeness (QED) is 0.863. The second-order valence-corrected chi connectivity index (χ2v) is 5.28. The summed E-state index contributed by atoms with van der Waals surface area (Å²) in [6.45, 7) is 2.07. The van der Waals surface area contributed by atoms with Crippen molar-refractivity contribution in [1.82, 2.24) is 0 Å². The van der Waals surface area contributed by atoms with Crippen LogP contribution in [0.15, 0.2) is 46.2 Å². The Bertz CT molecular complexity index is 567. The highest BCUT2D eigenvalue weighted by Crippen LogP contribution is 2.39. The predicted molar refractivity (Wildman–Crippen MR) is 79.3 cm³/mol. The van der Waals surface area contributed by atoms with Crippen molar-refractivity contribution in [3.63, 3.8) is 0 Å². The number of hydrogen-bond donors (Lipinski definition) is 1. The van der Waals surface area contributed by atoms with E-state index in [2.05, 4.69) is 31.2 Å². The number of hydrogen-bond acceptors (Lipinski definition) is 4. The minimum Gasteiger partial charge on any atom is -0.493 e. The van der Waals surface area contributed by atoms with Gasteiger partial charge in [-0.05, 0) is 25.1 Å². The normalized spacial score (nSPS) is 10.3. The smallest absolute Gasteiger partial charge is 0.162 e. The summed E-state index contributed by atoms with van der Waals surface area (Å²) in [6.07, 6.45) is 0. The van der Waals surface area contributed by atoms with Crippen LogP contribution in [0, 0.1) is 6.92 Å². The van der Waals surface area contributed by atoms with E-state index in [0.29, 0.717) is 17.2 Å². The second-order valence-electron chi connectivity index (χ2n) is 4.16. The maximum Gasteiger partial charge on any atom is 0.162 e. The van der Waals surface area contributed by atoms with Crippen LogP contribution in [0.2, 0.25) is 0 Å². The van der Waals surface area contributed by atoms with Gasteiger partial charge in [-0.15, -0.1) is 0 Å². The van der Waals surface area contributed by atoms with Crippen LogP contribution in [0.3, 0.4) is 0 Å². The van der Waals surface area contributed by atoms with Crippen LogP contribution in [0.25, 0.3) is 0 Å². The van der Waals surface area contributed by atoms with Gasteiger partial charge in [0.1, 0.15) is 0 Å². The summed E-state index contributed by atoms with van der Waals surface area (Å²) in [5, 5.41) is 0. The Morgan fingerprint density at radius 3 is 2.11 bits per heavy atom. The van der Waals surface area contributed by atoms with Gasteiger partial charge in [0, 0.05) is 21.5 Å². The van der Waals surface area contributed by atoms with Crippen LogP contribution in [-0.2, 0) is 0 Å². The number of rotatable bonds is 4. The summed E-state index contributed by atoms with van der Waals surface area (Å²) in [4.78, 5) is 2.10. The Morgan fingerprint density at radius 2 is 1.53 bits per heavy atom. The summed E-state index contributed by atoms with van der Waals surface area (Å²) in [6, 6.07) is 12.0. The highest BCUT2D eigenvalue weighted by molar-refractivity contribution is 7.99. The molecule has 0 heterocycles. The summed E-state index contributed by atoms with van der Waals surface area (Å²) >= 11 is 1.61. The zero-order valence-corrected chi connectivity index (χ0v) is 12.1. The molecule has 2 aromatic carbocycles. The van der Waals surface area contributed by atoms with Gasteiger partial charge in [-0.3, -0.25) is 0 Å². The van der Waals surface area contributed by atoms with Gasteiger partial charge >= 0.3 is 0 Å². The average Bonchev–Trinajstić information content (AvgIpc) is 2.43. The molecule has 3 nitrogen and oxygen atoms in total. The predicted octanol–water partition coefficient (Wildman–Crippen LogP) is 3.75. The Balaban J connectivity index is 2.32. The highest BCUT2D eigenvalue weighted by Gasteiger charge is 2.10. The van der Waals surface area contributed by atoms with E-state index >= 15 is 0 Å². The van der Waals surface area contributed by atoms with Crippen LogP contribution in [0.5, 0.6) is 11.5 Å². The molecule has 19 heavy (non-hydrogen) atoms. The molecule has 0 spiro atoms. The van der Waals surface area contributed by atoms with Gasteiger partial charge in [-0.25, -0.2) is 0 Å². The maximum absolute atomic E-state index is 6.04. The molecular formula is C15H17NO2S. The van der Waals surface area contributed by atoms with Gasteiger partial charge in [-0.2, -0.15) is 0 Å². The van der Waals surface area contributed by atoms with Crippen LogP contribution >= 0.6 is 11.8 Å². The van der Waals surface area contributed by atoms with Crippen LogP contribution in [-0.4, -0.2) is 14.2 Å². The molecule has 0 fully saturated rings. The lowest BCUT2D eigenvalue weighted by atomic mass is 10.2. The van der Waals surface area contributed by atoms with E-state index in [9.17, 15) is 0 Å².